The molecule has 0 amide bonds. The van der Waals surface area contributed by atoms with Crippen LogP contribution in [-0.2, 0) is 0 Å². The summed E-state index contributed by atoms with van der Waals surface area (Å²) in [5.41, 5.74) is 6.62. The Kier molecular flexibility index (Phi) is 3.58. The highest BCUT2D eigenvalue weighted by Crippen LogP contribution is 2.41. The predicted molar refractivity (Wildman–Crippen MR) is 62.6 cm³/mol. The van der Waals surface area contributed by atoms with Crippen molar-refractivity contribution in [1.29, 1.82) is 0 Å². The fraction of sp³-hybridized carbons (Fsp3) is 1.00. The second-order valence-corrected chi connectivity index (χ2v) is 10.2. The second-order valence-electron chi connectivity index (χ2n) is 4.70. The molecule has 1 atom stereocenters. The van der Waals surface area contributed by atoms with Crippen molar-refractivity contribution in [2.75, 3.05) is 0 Å². The fourth-order valence-electron chi connectivity index (χ4n) is 3.28. The molecule has 0 aromatic rings. The molecular weight excluding hydrogens is 174 g/mol. The van der Waals surface area contributed by atoms with Crippen LogP contribution >= 0.6 is 0 Å². The van der Waals surface area contributed by atoms with Crippen molar-refractivity contribution in [3.8, 4) is 0 Å². The van der Waals surface area contributed by atoms with Crippen LogP contribution in [0.25, 0.3) is 0 Å². The summed E-state index contributed by atoms with van der Waals surface area (Å²) in [5.74, 6) is 0. The first-order valence-corrected chi connectivity index (χ1v) is 8.55. The minimum absolute atomic E-state index is 0.273. The zero-order chi connectivity index (χ0) is 9.95. The van der Waals surface area contributed by atoms with Gasteiger partial charge >= 0.3 is 0 Å². The molecular formula is C11H25NSi. The van der Waals surface area contributed by atoms with Gasteiger partial charge in [0.05, 0.1) is 8.07 Å². The van der Waals surface area contributed by atoms with Gasteiger partial charge in [0.25, 0.3) is 0 Å². The van der Waals surface area contributed by atoms with Crippen LogP contribution in [0.5, 0.6) is 0 Å². The van der Waals surface area contributed by atoms with E-state index in [0.717, 1.165) is 0 Å². The largest absolute Gasteiger partial charge is 0.328 e. The number of hydrogen-bond acceptors (Lipinski definition) is 1. The summed E-state index contributed by atoms with van der Waals surface area (Å²) in [5, 5.41) is 0.273. The molecule has 1 nitrogen and oxygen atoms in total. The minimum Gasteiger partial charge on any atom is -0.328 e. The van der Waals surface area contributed by atoms with E-state index in [1.165, 1.54) is 43.8 Å². The SMILES string of the molecule is CCC1(N)CCCC[Si]1(CC)CC. The Labute approximate surface area is 84.1 Å². The van der Waals surface area contributed by atoms with E-state index in [2.05, 4.69) is 20.8 Å². The van der Waals surface area contributed by atoms with Crippen LogP contribution in [0.15, 0.2) is 0 Å². The third kappa shape index (κ3) is 1.71. The van der Waals surface area contributed by atoms with Gasteiger partial charge in [0.15, 0.2) is 0 Å². The molecule has 1 unspecified atom stereocenters. The van der Waals surface area contributed by atoms with Crippen LogP contribution in [0.3, 0.4) is 0 Å². The van der Waals surface area contributed by atoms with Gasteiger partial charge in [0.2, 0.25) is 0 Å². The first-order valence-electron chi connectivity index (χ1n) is 5.93. The molecule has 1 heterocycles. The highest BCUT2D eigenvalue weighted by atomic mass is 28.3. The Balaban J connectivity index is 2.87. The lowest BCUT2D eigenvalue weighted by atomic mass is 10.1. The predicted octanol–water partition coefficient (Wildman–Crippen LogP) is 3.31. The normalized spacial score (nSPS) is 33.2. The van der Waals surface area contributed by atoms with Crippen molar-refractivity contribution in [2.24, 2.45) is 5.73 Å². The maximum Gasteiger partial charge on any atom is 0.0757 e. The number of nitrogens with two attached hydrogens (primary N) is 1. The highest BCUT2D eigenvalue weighted by molar-refractivity contribution is 6.82. The summed E-state index contributed by atoms with van der Waals surface area (Å²) in [4.78, 5) is 0. The van der Waals surface area contributed by atoms with E-state index in [4.69, 9.17) is 5.73 Å². The lowest BCUT2D eigenvalue weighted by molar-refractivity contribution is 0.445. The van der Waals surface area contributed by atoms with E-state index in [1.807, 2.05) is 0 Å². The van der Waals surface area contributed by atoms with Gasteiger partial charge in [-0.05, 0) is 12.8 Å². The van der Waals surface area contributed by atoms with Gasteiger partial charge in [0, 0.05) is 5.16 Å². The maximum atomic E-state index is 6.62. The van der Waals surface area contributed by atoms with Crippen LogP contribution in [0.1, 0.15) is 46.5 Å². The average molecular weight is 199 g/mol. The molecule has 0 aromatic carbocycles. The molecule has 2 heteroatoms. The van der Waals surface area contributed by atoms with E-state index in [-0.39, 0.29) is 5.16 Å². The quantitative estimate of drug-likeness (QED) is 0.693. The van der Waals surface area contributed by atoms with Crippen LogP contribution in [0.4, 0.5) is 0 Å². The summed E-state index contributed by atoms with van der Waals surface area (Å²) in [6.07, 6.45) is 5.34. The van der Waals surface area contributed by atoms with Gasteiger partial charge in [-0.3, -0.25) is 0 Å². The third-order valence-corrected chi connectivity index (χ3v) is 11.3. The first kappa shape index (κ1) is 11.3. The van der Waals surface area contributed by atoms with Gasteiger partial charge in [0.1, 0.15) is 0 Å². The van der Waals surface area contributed by atoms with Crippen molar-refractivity contribution in [2.45, 2.75) is 69.7 Å². The van der Waals surface area contributed by atoms with Gasteiger partial charge in [-0.1, -0.05) is 51.7 Å². The van der Waals surface area contributed by atoms with E-state index >= 15 is 0 Å². The Morgan fingerprint density at radius 1 is 1.15 bits per heavy atom. The summed E-state index contributed by atoms with van der Waals surface area (Å²) < 4.78 is 0. The first-order chi connectivity index (χ1) is 6.14. The summed E-state index contributed by atoms with van der Waals surface area (Å²) in [7, 11) is -1.11. The molecule has 1 aliphatic rings. The molecule has 1 aliphatic heterocycles. The number of rotatable bonds is 3. The lowest BCUT2D eigenvalue weighted by Gasteiger charge is -2.49. The molecule has 0 radical (unpaired) electrons. The lowest BCUT2D eigenvalue weighted by Crippen LogP contribution is -2.65. The van der Waals surface area contributed by atoms with Crippen molar-refractivity contribution >= 4 is 8.07 Å². The molecule has 0 bridgehead atoms. The van der Waals surface area contributed by atoms with Crippen molar-refractivity contribution in [1.82, 2.24) is 0 Å². The Hall–Kier alpha value is 0.177. The van der Waals surface area contributed by atoms with Gasteiger partial charge in [-0.15, -0.1) is 0 Å². The Morgan fingerprint density at radius 3 is 2.15 bits per heavy atom. The molecule has 0 aliphatic carbocycles. The zero-order valence-electron chi connectivity index (χ0n) is 9.53. The second kappa shape index (κ2) is 4.14. The van der Waals surface area contributed by atoms with Gasteiger partial charge in [-0.2, -0.15) is 0 Å². The fourth-order valence-corrected chi connectivity index (χ4v) is 8.77. The van der Waals surface area contributed by atoms with Crippen LogP contribution < -0.4 is 5.73 Å². The number of hydrogen-bond donors (Lipinski definition) is 1. The van der Waals surface area contributed by atoms with Gasteiger partial charge < -0.3 is 5.73 Å². The molecule has 1 rings (SSSR count). The topological polar surface area (TPSA) is 26.0 Å². The van der Waals surface area contributed by atoms with E-state index < -0.39 is 8.07 Å². The summed E-state index contributed by atoms with van der Waals surface area (Å²) in [6.45, 7) is 7.04. The maximum absolute atomic E-state index is 6.62. The molecule has 0 aromatic heterocycles. The van der Waals surface area contributed by atoms with Crippen LogP contribution in [-0.4, -0.2) is 13.2 Å². The van der Waals surface area contributed by atoms with E-state index in [9.17, 15) is 0 Å². The van der Waals surface area contributed by atoms with Crippen LogP contribution in [0.2, 0.25) is 18.1 Å². The summed E-state index contributed by atoms with van der Waals surface area (Å²) >= 11 is 0. The van der Waals surface area contributed by atoms with Crippen molar-refractivity contribution < 1.29 is 0 Å². The minimum atomic E-state index is -1.11. The molecule has 1 fully saturated rings. The molecule has 2 N–H and O–H groups in total. The molecule has 1 saturated heterocycles. The molecule has 78 valence electrons. The third-order valence-electron chi connectivity index (χ3n) is 4.57. The standard InChI is InChI=1S/C11H25NSi/c1-4-11(12)9-7-8-10-13(11,5-2)6-3/h4-10,12H2,1-3H3. The smallest absolute Gasteiger partial charge is 0.0757 e. The van der Waals surface area contributed by atoms with Crippen molar-refractivity contribution in [3.05, 3.63) is 0 Å². The highest BCUT2D eigenvalue weighted by Gasteiger charge is 2.47. The Morgan fingerprint density at radius 2 is 1.77 bits per heavy atom. The molecule has 0 saturated carbocycles. The monoisotopic (exact) mass is 199 g/mol. The zero-order valence-corrected chi connectivity index (χ0v) is 10.5. The Bertz CT molecular complexity index is 165. The molecule has 13 heavy (non-hydrogen) atoms. The van der Waals surface area contributed by atoms with Crippen LogP contribution in [0, 0.1) is 0 Å². The van der Waals surface area contributed by atoms with Crippen molar-refractivity contribution in [3.63, 3.8) is 0 Å². The van der Waals surface area contributed by atoms with E-state index in [0.29, 0.717) is 0 Å². The average Bonchev–Trinajstić information content (AvgIpc) is 2.19. The summed E-state index contributed by atoms with van der Waals surface area (Å²) in [6, 6.07) is 4.28. The van der Waals surface area contributed by atoms with Gasteiger partial charge in [-0.25, -0.2) is 0 Å². The van der Waals surface area contributed by atoms with E-state index in [1.54, 1.807) is 0 Å². The molecule has 0 spiro atoms.